The van der Waals surface area contributed by atoms with Gasteiger partial charge >= 0.3 is 0 Å². The van der Waals surface area contributed by atoms with Crippen molar-refractivity contribution in [2.45, 2.75) is 6.42 Å². The van der Waals surface area contributed by atoms with Crippen LogP contribution in [-0.4, -0.2) is 25.1 Å². The fourth-order valence-electron chi connectivity index (χ4n) is 1.47. The van der Waals surface area contributed by atoms with Gasteiger partial charge in [0.15, 0.2) is 0 Å². The largest absolute Gasteiger partial charge is 0.375 e. The zero-order valence-electron chi connectivity index (χ0n) is 9.59. The first-order valence-electron chi connectivity index (χ1n) is 5.20. The lowest BCUT2D eigenvalue weighted by molar-refractivity contribution is -0.385. The first-order valence-corrected chi connectivity index (χ1v) is 5.20. The number of nitro groups is 1. The van der Waals surface area contributed by atoms with E-state index in [4.69, 9.17) is 11.0 Å². The van der Waals surface area contributed by atoms with E-state index in [0.29, 0.717) is 6.54 Å². The molecule has 2 N–H and O–H groups in total. The summed E-state index contributed by atoms with van der Waals surface area (Å²) in [6.07, 6.45) is 0.829. The molecule has 0 saturated carbocycles. The van der Waals surface area contributed by atoms with Crippen LogP contribution in [0.15, 0.2) is 18.2 Å². The highest BCUT2D eigenvalue weighted by atomic mass is 16.6. The number of anilines is 1. The molecule has 0 aromatic heterocycles. The predicted molar refractivity (Wildman–Crippen MR) is 64.8 cm³/mol. The molecule has 1 aromatic carbocycles. The van der Waals surface area contributed by atoms with E-state index in [1.165, 1.54) is 12.1 Å². The topological polar surface area (TPSA) is 96.2 Å². The van der Waals surface area contributed by atoms with E-state index in [9.17, 15) is 10.1 Å². The number of rotatable bonds is 5. The second kappa shape index (κ2) is 5.82. The number of hydrogen-bond donors (Lipinski definition) is 1. The summed E-state index contributed by atoms with van der Waals surface area (Å²) < 4.78 is 0. The number of nitrogens with two attached hydrogens (primary N) is 1. The smallest absolute Gasteiger partial charge is 0.287 e. The van der Waals surface area contributed by atoms with E-state index >= 15 is 0 Å². The molecule has 0 amide bonds. The van der Waals surface area contributed by atoms with Gasteiger partial charge in [0.1, 0.15) is 11.6 Å². The molecule has 6 nitrogen and oxygen atoms in total. The Hall–Kier alpha value is -2.13. The maximum absolute atomic E-state index is 10.7. The Labute approximate surface area is 99.4 Å². The first-order chi connectivity index (χ1) is 8.10. The number of nitriles is 1. The fraction of sp³-hybridized carbons (Fsp3) is 0.364. The molecule has 0 unspecified atom stereocenters. The van der Waals surface area contributed by atoms with Crippen molar-refractivity contribution in [1.29, 1.82) is 5.26 Å². The predicted octanol–water partition coefficient (Wildman–Crippen LogP) is 1.25. The third-order valence-corrected chi connectivity index (χ3v) is 2.44. The standard InChI is InChI=1S/C11H14N4O2/c1-14(6-2-5-12)10-3-4-11(15(16)17)9(7-10)8-13/h3-4,7H,2,5-6,12H2,1H3. The van der Waals surface area contributed by atoms with Crippen molar-refractivity contribution in [3.63, 3.8) is 0 Å². The Morgan fingerprint density at radius 1 is 1.59 bits per heavy atom. The lowest BCUT2D eigenvalue weighted by atomic mass is 10.1. The van der Waals surface area contributed by atoms with Gasteiger partial charge < -0.3 is 10.6 Å². The highest BCUT2D eigenvalue weighted by Crippen LogP contribution is 2.23. The molecule has 0 fully saturated rings. The minimum absolute atomic E-state index is 0.0760. The molecule has 0 aliphatic heterocycles. The van der Waals surface area contributed by atoms with Crippen LogP contribution in [0.25, 0.3) is 0 Å². The van der Waals surface area contributed by atoms with Gasteiger partial charge in [0.05, 0.1) is 4.92 Å². The minimum atomic E-state index is -0.553. The van der Waals surface area contributed by atoms with Crippen LogP contribution in [0.3, 0.4) is 0 Å². The van der Waals surface area contributed by atoms with Crippen molar-refractivity contribution in [2.24, 2.45) is 5.73 Å². The Balaban J connectivity index is 2.98. The van der Waals surface area contributed by atoms with E-state index in [1.807, 2.05) is 18.0 Å². The second-order valence-electron chi connectivity index (χ2n) is 3.63. The quantitative estimate of drug-likeness (QED) is 0.611. The summed E-state index contributed by atoms with van der Waals surface area (Å²) >= 11 is 0. The van der Waals surface area contributed by atoms with Crippen molar-refractivity contribution >= 4 is 11.4 Å². The fourth-order valence-corrected chi connectivity index (χ4v) is 1.47. The lowest BCUT2D eigenvalue weighted by Gasteiger charge is -2.18. The molecule has 0 aliphatic rings. The number of benzene rings is 1. The van der Waals surface area contributed by atoms with E-state index < -0.39 is 4.92 Å². The summed E-state index contributed by atoms with van der Waals surface area (Å²) in [7, 11) is 1.86. The Kier molecular flexibility index (Phi) is 4.43. The van der Waals surface area contributed by atoms with Gasteiger partial charge in [-0.15, -0.1) is 0 Å². The molecule has 0 bridgehead atoms. The van der Waals surface area contributed by atoms with Crippen molar-refractivity contribution < 1.29 is 4.92 Å². The number of nitrogens with zero attached hydrogens (tertiary/aromatic N) is 3. The summed E-state index contributed by atoms with van der Waals surface area (Å²) in [5.74, 6) is 0. The van der Waals surface area contributed by atoms with Crippen molar-refractivity contribution in [1.82, 2.24) is 0 Å². The van der Waals surface area contributed by atoms with E-state index in [0.717, 1.165) is 18.7 Å². The van der Waals surface area contributed by atoms with Gasteiger partial charge in [0.2, 0.25) is 0 Å². The van der Waals surface area contributed by atoms with Crippen LogP contribution in [0.2, 0.25) is 0 Å². The number of hydrogen-bond acceptors (Lipinski definition) is 5. The van der Waals surface area contributed by atoms with E-state index in [2.05, 4.69) is 0 Å². The van der Waals surface area contributed by atoms with Gasteiger partial charge in [-0.2, -0.15) is 5.26 Å². The maximum Gasteiger partial charge on any atom is 0.287 e. The molecule has 6 heteroatoms. The van der Waals surface area contributed by atoms with Crippen LogP contribution in [0, 0.1) is 21.4 Å². The summed E-state index contributed by atoms with van der Waals surface area (Å²) in [4.78, 5) is 12.0. The molecular formula is C11H14N4O2. The molecule has 0 spiro atoms. The van der Waals surface area contributed by atoms with Crippen molar-refractivity contribution in [2.75, 3.05) is 25.0 Å². The Morgan fingerprint density at radius 2 is 2.29 bits per heavy atom. The summed E-state index contributed by atoms with van der Waals surface area (Å²) in [5, 5.41) is 19.5. The van der Waals surface area contributed by atoms with Crippen LogP contribution in [0.1, 0.15) is 12.0 Å². The Bertz CT molecular complexity index is 453. The third-order valence-electron chi connectivity index (χ3n) is 2.44. The van der Waals surface area contributed by atoms with Crippen LogP contribution in [0.4, 0.5) is 11.4 Å². The first kappa shape index (κ1) is 12.9. The van der Waals surface area contributed by atoms with Gasteiger partial charge in [-0.3, -0.25) is 10.1 Å². The molecule has 0 heterocycles. The van der Waals surface area contributed by atoms with Crippen molar-refractivity contribution in [3.05, 3.63) is 33.9 Å². The SMILES string of the molecule is CN(CCCN)c1ccc([N+](=O)[O-])c(C#N)c1. The Morgan fingerprint density at radius 3 is 2.82 bits per heavy atom. The normalized spacial score (nSPS) is 9.71. The van der Waals surface area contributed by atoms with E-state index in [1.54, 1.807) is 6.07 Å². The van der Waals surface area contributed by atoms with Gasteiger partial charge in [0, 0.05) is 25.3 Å². The summed E-state index contributed by atoms with van der Waals surface area (Å²) in [5.41, 5.74) is 6.10. The molecule has 0 atom stereocenters. The minimum Gasteiger partial charge on any atom is -0.375 e. The zero-order chi connectivity index (χ0) is 12.8. The average molecular weight is 234 g/mol. The highest BCUT2D eigenvalue weighted by molar-refractivity contribution is 5.59. The molecule has 90 valence electrons. The summed E-state index contributed by atoms with van der Waals surface area (Å²) in [6.45, 7) is 1.33. The molecule has 0 aliphatic carbocycles. The van der Waals surface area contributed by atoms with Crippen LogP contribution >= 0.6 is 0 Å². The van der Waals surface area contributed by atoms with Gasteiger partial charge in [-0.25, -0.2) is 0 Å². The molecule has 0 saturated heterocycles. The number of nitro benzene ring substituents is 1. The van der Waals surface area contributed by atoms with Gasteiger partial charge in [0.25, 0.3) is 5.69 Å². The van der Waals surface area contributed by atoms with Gasteiger partial charge in [-0.1, -0.05) is 0 Å². The van der Waals surface area contributed by atoms with Crippen LogP contribution in [0.5, 0.6) is 0 Å². The molecular weight excluding hydrogens is 220 g/mol. The van der Waals surface area contributed by atoms with Gasteiger partial charge in [-0.05, 0) is 25.1 Å². The lowest BCUT2D eigenvalue weighted by Crippen LogP contribution is -2.21. The zero-order valence-corrected chi connectivity index (χ0v) is 9.59. The molecule has 1 rings (SSSR count). The highest BCUT2D eigenvalue weighted by Gasteiger charge is 2.14. The maximum atomic E-state index is 10.7. The third kappa shape index (κ3) is 3.16. The average Bonchev–Trinajstić information content (AvgIpc) is 2.34. The molecule has 17 heavy (non-hydrogen) atoms. The van der Waals surface area contributed by atoms with E-state index in [-0.39, 0.29) is 11.3 Å². The molecule has 0 radical (unpaired) electrons. The summed E-state index contributed by atoms with van der Waals surface area (Å²) in [6, 6.07) is 6.35. The molecule has 1 aromatic rings. The monoisotopic (exact) mass is 234 g/mol. The second-order valence-corrected chi connectivity index (χ2v) is 3.63. The van der Waals surface area contributed by atoms with Crippen LogP contribution in [-0.2, 0) is 0 Å². The van der Waals surface area contributed by atoms with Crippen molar-refractivity contribution in [3.8, 4) is 6.07 Å². The van der Waals surface area contributed by atoms with Crippen LogP contribution < -0.4 is 10.6 Å².